The number of urea groups is 1. The zero-order valence-electron chi connectivity index (χ0n) is 10.4. The van der Waals surface area contributed by atoms with Crippen LogP contribution >= 0.6 is 23.2 Å². The molecule has 0 aliphatic rings. The Labute approximate surface area is 132 Å². The predicted molar refractivity (Wildman–Crippen MR) is 84.8 cm³/mol. The first-order valence-corrected chi connectivity index (χ1v) is 6.37. The molecule has 1 aromatic carbocycles. The van der Waals surface area contributed by atoms with Crippen molar-refractivity contribution in [3.8, 4) is 0 Å². The first kappa shape index (κ1) is 17.2. The number of aryl methyl sites for hydroxylation is 1. The van der Waals surface area contributed by atoms with E-state index in [0.717, 1.165) is 0 Å². The summed E-state index contributed by atoms with van der Waals surface area (Å²) in [4.78, 5) is 15.5. The molecule has 2 amide bonds. The number of hydrogen-bond acceptors (Lipinski definition) is 2. The third-order valence-corrected chi connectivity index (χ3v) is 2.85. The van der Waals surface area contributed by atoms with Crippen molar-refractivity contribution < 1.29 is 9.18 Å². The minimum atomic E-state index is -0.604. The largest absolute Gasteiger partial charge is 0.323 e. The molecule has 2 aromatic rings. The summed E-state index contributed by atoms with van der Waals surface area (Å²) in [5.41, 5.74) is 0.895. The Morgan fingerprint density at radius 1 is 1.19 bits per heavy atom. The molecule has 0 aliphatic carbocycles. The van der Waals surface area contributed by atoms with Gasteiger partial charge in [0.05, 0.1) is 5.69 Å². The number of nitrogens with zero attached hydrogens (tertiary/aromatic N) is 1. The highest BCUT2D eigenvalue weighted by atomic mass is 35.5. The van der Waals surface area contributed by atoms with Gasteiger partial charge in [-0.3, -0.25) is 0 Å². The van der Waals surface area contributed by atoms with Gasteiger partial charge < -0.3 is 10.6 Å². The first-order valence-electron chi connectivity index (χ1n) is 5.62. The summed E-state index contributed by atoms with van der Waals surface area (Å²) in [5, 5.41) is 5.20. The lowest BCUT2D eigenvalue weighted by atomic mass is 10.2. The summed E-state index contributed by atoms with van der Waals surface area (Å²) >= 11 is 11.4. The number of halogens is 3. The molecule has 0 fully saturated rings. The van der Waals surface area contributed by atoms with Crippen LogP contribution in [0, 0.1) is 12.7 Å². The molecule has 2 rings (SSSR count). The minimum absolute atomic E-state index is 0. The molecule has 0 atom stereocenters. The van der Waals surface area contributed by atoms with Gasteiger partial charge in [0.2, 0.25) is 0 Å². The summed E-state index contributed by atoms with van der Waals surface area (Å²) in [5.74, 6) is -0.478. The minimum Gasteiger partial charge on any atom is -0.307 e. The van der Waals surface area contributed by atoms with Gasteiger partial charge in [-0.05, 0) is 30.7 Å². The van der Waals surface area contributed by atoms with Crippen LogP contribution in [0.5, 0.6) is 0 Å². The molecule has 0 aliphatic heterocycles. The van der Waals surface area contributed by atoms with Crippen LogP contribution in [0.25, 0.3) is 0 Å². The zero-order chi connectivity index (χ0) is 14.7. The number of nitrogens with one attached hydrogen (secondary N) is 2. The Morgan fingerprint density at radius 2 is 1.81 bits per heavy atom. The molecule has 21 heavy (non-hydrogen) atoms. The highest BCUT2D eigenvalue weighted by Crippen LogP contribution is 2.20. The lowest BCUT2D eigenvalue weighted by Crippen LogP contribution is -2.20. The monoisotopic (exact) mass is 329 g/mol. The van der Waals surface area contributed by atoms with E-state index in [1.807, 2.05) is 0 Å². The van der Waals surface area contributed by atoms with Crippen LogP contribution in [0.15, 0.2) is 30.3 Å². The summed E-state index contributed by atoms with van der Waals surface area (Å²) in [6.07, 6.45) is 0. The van der Waals surface area contributed by atoms with Crippen LogP contribution in [-0.4, -0.2) is 11.0 Å². The fourth-order valence-electron chi connectivity index (χ4n) is 1.57. The van der Waals surface area contributed by atoms with E-state index in [1.165, 1.54) is 18.2 Å². The molecule has 0 spiro atoms. The van der Waals surface area contributed by atoms with Crippen LogP contribution in [0.3, 0.4) is 0 Å². The molecule has 0 saturated heterocycles. The Bertz CT molecular complexity index is 644. The molecular weight excluding hydrogens is 316 g/mol. The van der Waals surface area contributed by atoms with Gasteiger partial charge in [0.1, 0.15) is 16.1 Å². The molecule has 0 bridgehead atoms. The van der Waals surface area contributed by atoms with Gasteiger partial charge in [-0.2, -0.15) is 0 Å². The van der Waals surface area contributed by atoms with Gasteiger partial charge in [-0.15, -0.1) is 0 Å². The molecular formula is C14H14Cl2FN3O. The van der Waals surface area contributed by atoms with Gasteiger partial charge in [0.15, 0.2) is 0 Å². The Hall–Kier alpha value is -1.85. The molecule has 112 valence electrons. The van der Waals surface area contributed by atoms with Crippen LogP contribution in [0.4, 0.5) is 20.6 Å². The van der Waals surface area contributed by atoms with Crippen LogP contribution in [0.1, 0.15) is 13.0 Å². The van der Waals surface area contributed by atoms with Crippen molar-refractivity contribution in [2.45, 2.75) is 14.4 Å². The van der Waals surface area contributed by atoms with Gasteiger partial charge in [0, 0.05) is 5.69 Å². The van der Waals surface area contributed by atoms with Crippen LogP contribution in [0.2, 0.25) is 10.3 Å². The van der Waals surface area contributed by atoms with Crippen LogP contribution < -0.4 is 10.6 Å². The number of carbonyl (C=O) groups is 1. The van der Waals surface area contributed by atoms with Crippen molar-refractivity contribution >= 4 is 40.6 Å². The van der Waals surface area contributed by atoms with Gasteiger partial charge in [-0.1, -0.05) is 42.8 Å². The number of benzene rings is 1. The van der Waals surface area contributed by atoms with Gasteiger partial charge in [-0.25, -0.2) is 14.2 Å². The lowest BCUT2D eigenvalue weighted by molar-refractivity contribution is 0.262. The molecule has 0 radical (unpaired) electrons. The van der Waals surface area contributed by atoms with Crippen molar-refractivity contribution in [2.24, 2.45) is 0 Å². The van der Waals surface area contributed by atoms with E-state index in [9.17, 15) is 9.18 Å². The predicted octanol–water partition coefficient (Wildman–Crippen LogP) is 5.12. The Morgan fingerprint density at radius 3 is 2.43 bits per heavy atom. The zero-order valence-corrected chi connectivity index (χ0v) is 11.9. The van der Waals surface area contributed by atoms with E-state index in [0.29, 0.717) is 11.3 Å². The maximum absolute atomic E-state index is 13.7. The second-order valence-corrected chi connectivity index (χ2v) is 4.79. The SMILES string of the molecule is C.Cc1cccc(NC(=O)Nc2cc(Cl)nc(Cl)c2)c1F. The summed E-state index contributed by atoms with van der Waals surface area (Å²) in [7, 11) is 0. The fraction of sp³-hybridized carbons (Fsp3) is 0.143. The number of pyridine rings is 1. The number of rotatable bonds is 2. The highest BCUT2D eigenvalue weighted by Gasteiger charge is 2.09. The normalized spacial score (nSPS) is 9.71. The lowest BCUT2D eigenvalue weighted by Gasteiger charge is -2.09. The van der Waals surface area contributed by atoms with E-state index in [4.69, 9.17) is 23.2 Å². The van der Waals surface area contributed by atoms with Gasteiger partial charge in [0.25, 0.3) is 0 Å². The molecule has 4 nitrogen and oxygen atoms in total. The Kier molecular flexibility index (Phi) is 5.93. The maximum Gasteiger partial charge on any atom is 0.323 e. The average molecular weight is 330 g/mol. The standard InChI is InChI=1S/C13H10Cl2FN3O.CH4/c1-7-3-2-4-9(12(7)16)18-13(20)17-8-5-10(14)19-11(15)6-8;/h2-6H,1H3,(H2,17,18,19,20);1H4. The summed E-state index contributed by atoms with van der Waals surface area (Å²) in [6, 6.07) is 6.98. The molecule has 0 saturated carbocycles. The maximum atomic E-state index is 13.7. The molecule has 1 aromatic heterocycles. The van der Waals surface area contributed by atoms with Crippen molar-refractivity contribution in [3.63, 3.8) is 0 Å². The van der Waals surface area contributed by atoms with E-state index < -0.39 is 11.8 Å². The van der Waals surface area contributed by atoms with E-state index in [1.54, 1.807) is 19.1 Å². The van der Waals surface area contributed by atoms with Crippen molar-refractivity contribution in [1.82, 2.24) is 4.98 Å². The van der Waals surface area contributed by atoms with Gasteiger partial charge >= 0.3 is 6.03 Å². The topological polar surface area (TPSA) is 54.0 Å². The number of hydrogen-bond donors (Lipinski definition) is 2. The van der Waals surface area contributed by atoms with E-state index in [2.05, 4.69) is 15.6 Å². The van der Waals surface area contributed by atoms with Crippen LogP contribution in [-0.2, 0) is 0 Å². The molecule has 7 heteroatoms. The smallest absolute Gasteiger partial charge is 0.307 e. The average Bonchev–Trinajstić information content (AvgIpc) is 2.33. The van der Waals surface area contributed by atoms with Crippen molar-refractivity contribution in [1.29, 1.82) is 0 Å². The van der Waals surface area contributed by atoms with E-state index in [-0.39, 0.29) is 23.4 Å². The highest BCUT2D eigenvalue weighted by molar-refractivity contribution is 6.33. The van der Waals surface area contributed by atoms with Crippen molar-refractivity contribution in [2.75, 3.05) is 10.6 Å². The quantitative estimate of drug-likeness (QED) is 0.751. The molecule has 2 N–H and O–H groups in total. The third kappa shape index (κ3) is 4.58. The molecule has 1 heterocycles. The first-order chi connectivity index (χ1) is 9.45. The third-order valence-electron chi connectivity index (χ3n) is 2.46. The summed E-state index contributed by atoms with van der Waals surface area (Å²) < 4.78 is 13.7. The van der Waals surface area contributed by atoms with E-state index >= 15 is 0 Å². The fourth-order valence-corrected chi connectivity index (χ4v) is 2.03. The Balaban J connectivity index is 0.00000220. The van der Waals surface area contributed by atoms with Crippen molar-refractivity contribution in [3.05, 3.63) is 52.0 Å². The number of amides is 2. The number of anilines is 2. The second kappa shape index (κ2) is 7.24. The molecule has 0 unspecified atom stereocenters. The number of aromatic nitrogens is 1. The second-order valence-electron chi connectivity index (χ2n) is 4.02. The summed E-state index contributed by atoms with van der Waals surface area (Å²) in [6.45, 7) is 1.61. The number of carbonyl (C=O) groups excluding carboxylic acids is 1.